The number of allylic oxidation sites excluding steroid dienone is 1. The van der Waals surface area contributed by atoms with Crippen LogP contribution >= 0.6 is 0 Å². The Bertz CT molecular complexity index is 841. The zero-order valence-corrected chi connectivity index (χ0v) is 17.6. The summed E-state index contributed by atoms with van der Waals surface area (Å²) in [6.07, 6.45) is 9.47. The minimum atomic E-state index is -0.693. The highest BCUT2D eigenvalue weighted by Gasteiger charge is 2.46. The molecule has 160 valence electrons. The maximum atomic E-state index is 13.2. The number of hydrogen-bond donors (Lipinski definition) is 0. The van der Waals surface area contributed by atoms with E-state index >= 15 is 0 Å². The fraction of sp³-hybridized carbons (Fsp3) is 0.542. The number of amides is 3. The van der Waals surface area contributed by atoms with Crippen molar-refractivity contribution in [3.8, 4) is 5.75 Å². The van der Waals surface area contributed by atoms with E-state index in [1.807, 2.05) is 6.92 Å². The van der Waals surface area contributed by atoms with E-state index in [0.717, 1.165) is 32.1 Å². The average molecular weight is 411 g/mol. The quantitative estimate of drug-likeness (QED) is 0.482. The smallest absolute Gasteiger partial charge is 0.257 e. The predicted molar refractivity (Wildman–Crippen MR) is 114 cm³/mol. The monoisotopic (exact) mass is 410 g/mol. The number of imide groups is 1. The maximum absolute atomic E-state index is 13.2. The van der Waals surface area contributed by atoms with Crippen LogP contribution in [-0.4, -0.2) is 41.8 Å². The Hall–Kier alpha value is -2.63. The predicted octanol–water partition coefficient (Wildman–Crippen LogP) is 3.85. The second-order valence-corrected chi connectivity index (χ2v) is 8.38. The molecule has 1 aliphatic heterocycles. The summed E-state index contributed by atoms with van der Waals surface area (Å²) in [5.41, 5.74) is 1.90. The molecular weight excluding hydrogens is 380 g/mol. The van der Waals surface area contributed by atoms with E-state index in [0.29, 0.717) is 24.6 Å². The molecule has 2 fully saturated rings. The van der Waals surface area contributed by atoms with Gasteiger partial charge in [-0.05, 0) is 76.1 Å². The molecule has 6 heteroatoms. The minimum Gasteiger partial charge on any atom is -0.494 e. The fourth-order valence-electron chi connectivity index (χ4n) is 4.37. The molecule has 0 N–H and O–H groups in total. The van der Waals surface area contributed by atoms with Gasteiger partial charge in [0.05, 0.1) is 18.7 Å². The summed E-state index contributed by atoms with van der Waals surface area (Å²) < 4.78 is 5.44. The molecule has 0 bridgehead atoms. The van der Waals surface area contributed by atoms with E-state index in [1.54, 1.807) is 29.2 Å². The normalized spacial score (nSPS) is 21.6. The molecule has 2 aliphatic carbocycles. The van der Waals surface area contributed by atoms with Crippen molar-refractivity contribution in [1.29, 1.82) is 0 Å². The summed E-state index contributed by atoms with van der Waals surface area (Å²) in [5.74, 6) is 0.206. The summed E-state index contributed by atoms with van der Waals surface area (Å²) in [5, 5.41) is 0. The molecule has 1 heterocycles. The van der Waals surface area contributed by atoms with E-state index in [4.69, 9.17) is 4.74 Å². The van der Waals surface area contributed by atoms with Gasteiger partial charge in [0.15, 0.2) is 0 Å². The Labute approximate surface area is 177 Å². The van der Waals surface area contributed by atoms with Crippen molar-refractivity contribution in [3.63, 3.8) is 0 Å². The van der Waals surface area contributed by atoms with Crippen LogP contribution in [0.25, 0.3) is 0 Å². The first-order valence-electron chi connectivity index (χ1n) is 11.2. The molecule has 30 heavy (non-hydrogen) atoms. The first-order chi connectivity index (χ1) is 14.6. The van der Waals surface area contributed by atoms with Crippen LogP contribution in [0.4, 0.5) is 5.69 Å². The number of benzene rings is 1. The third-order valence-corrected chi connectivity index (χ3v) is 6.17. The van der Waals surface area contributed by atoms with Crippen LogP contribution in [0.5, 0.6) is 5.75 Å². The number of ether oxygens (including phenoxy) is 1. The molecule has 0 radical (unpaired) electrons. The number of nitrogens with zero attached hydrogens (tertiary/aromatic N) is 2. The van der Waals surface area contributed by atoms with Gasteiger partial charge in [-0.2, -0.15) is 0 Å². The minimum absolute atomic E-state index is 0.0211. The lowest BCUT2D eigenvalue weighted by molar-refractivity contribution is -0.139. The Kier molecular flexibility index (Phi) is 6.21. The van der Waals surface area contributed by atoms with E-state index < -0.39 is 6.04 Å². The Morgan fingerprint density at radius 1 is 1.17 bits per heavy atom. The highest BCUT2D eigenvalue weighted by atomic mass is 16.5. The molecule has 4 rings (SSSR count). The van der Waals surface area contributed by atoms with Gasteiger partial charge in [-0.15, -0.1) is 0 Å². The molecule has 1 atom stereocenters. The van der Waals surface area contributed by atoms with E-state index in [9.17, 15) is 14.4 Å². The third-order valence-electron chi connectivity index (χ3n) is 6.17. The molecule has 0 spiro atoms. The maximum Gasteiger partial charge on any atom is 0.257 e. The average Bonchev–Trinajstić information content (AvgIpc) is 3.56. The van der Waals surface area contributed by atoms with Crippen LogP contribution in [0.1, 0.15) is 58.3 Å². The lowest BCUT2D eigenvalue weighted by Gasteiger charge is -2.28. The highest BCUT2D eigenvalue weighted by molar-refractivity contribution is 6.23. The van der Waals surface area contributed by atoms with Crippen LogP contribution in [0, 0.1) is 5.92 Å². The van der Waals surface area contributed by atoms with Gasteiger partial charge < -0.3 is 9.64 Å². The van der Waals surface area contributed by atoms with Crippen molar-refractivity contribution in [2.75, 3.05) is 18.1 Å². The van der Waals surface area contributed by atoms with E-state index in [-0.39, 0.29) is 30.1 Å². The first kappa shape index (κ1) is 20.6. The Morgan fingerprint density at radius 2 is 1.93 bits per heavy atom. The lowest BCUT2D eigenvalue weighted by atomic mass is 9.97. The molecule has 1 aromatic carbocycles. The van der Waals surface area contributed by atoms with Crippen LogP contribution < -0.4 is 9.64 Å². The first-order valence-corrected chi connectivity index (χ1v) is 11.2. The molecular formula is C24H30N2O4. The number of carbonyl (C=O) groups is 3. The van der Waals surface area contributed by atoms with E-state index in [1.165, 1.54) is 23.3 Å². The number of anilines is 1. The van der Waals surface area contributed by atoms with Gasteiger partial charge in [-0.25, -0.2) is 4.90 Å². The topological polar surface area (TPSA) is 66.9 Å². The Balaban J connectivity index is 1.50. The van der Waals surface area contributed by atoms with Gasteiger partial charge in [0.2, 0.25) is 11.8 Å². The molecule has 3 amide bonds. The molecule has 1 unspecified atom stereocenters. The third kappa shape index (κ3) is 4.42. The number of rotatable bonds is 8. The van der Waals surface area contributed by atoms with Crippen LogP contribution in [0.3, 0.4) is 0 Å². The van der Waals surface area contributed by atoms with Crippen molar-refractivity contribution in [3.05, 3.63) is 35.9 Å². The van der Waals surface area contributed by atoms with Gasteiger partial charge >= 0.3 is 0 Å². The molecule has 3 aliphatic rings. The summed E-state index contributed by atoms with van der Waals surface area (Å²) >= 11 is 0. The van der Waals surface area contributed by atoms with Gasteiger partial charge in [-0.3, -0.25) is 14.4 Å². The summed E-state index contributed by atoms with van der Waals surface area (Å²) in [7, 11) is 0. The van der Waals surface area contributed by atoms with Crippen LogP contribution in [0.15, 0.2) is 35.9 Å². The summed E-state index contributed by atoms with van der Waals surface area (Å²) in [6.45, 7) is 2.97. The number of hydrogen-bond acceptors (Lipinski definition) is 4. The van der Waals surface area contributed by atoms with Gasteiger partial charge in [-0.1, -0.05) is 11.6 Å². The lowest BCUT2D eigenvalue weighted by Crippen LogP contribution is -2.46. The SMILES string of the molecule is CCOc1ccc(N2C(=O)CC(N(CCC3=CCCCC3)C(=O)C3CC3)C2=O)cc1. The molecule has 0 aromatic heterocycles. The molecule has 6 nitrogen and oxygen atoms in total. The van der Waals surface area contributed by atoms with Gasteiger partial charge in [0.25, 0.3) is 5.91 Å². The highest BCUT2D eigenvalue weighted by Crippen LogP contribution is 2.35. The van der Waals surface area contributed by atoms with Crippen molar-refractivity contribution in [2.24, 2.45) is 5.92 Å². The number of carbonyl (C=O) groups excluding carboxylic acids is 3. The molecule has 1 saturated heterocycles. The standard InChI is InChI=1S/C24H30N2O4/c1-2-30-20-12-10-19(11-13-20)26-22(27)16-21(24(26)29)25(23(28)18-8-9-18)15-14-17-6-4-3-5-7-17/h6,10-13,18,21H,2-5,7-9,14-16H2,1H3. The van der Waals surface area contributed by atoms with Crippen molar-refractivity contribution >= 4 is 23.4 Å². The van der Waals surface area contributed by atoms with Crippen molar-refractivity contribution < 1.29 is 19.1 Å². The van der Waals surface area contributed by atoms with E-state index in [2.05, 4.69) is 6.08 Å². The van der Waals surface area contributed by atoms with Crippen molar-refractivity contribution in [1.82, 2.24) is 4.90 Å². The Morgan fingerprint density at radius 3 is 2.57 bits per heavy atom. The van der Waals surface area contributed by atoms with Gasteiger partial charge in [0.1, 0.15) is 11.8 Å². The van der Waals surface area contributed by atoms with Crippen LogP contribution in [0.2, 0.25) is 0 Å². The summed E-state index contributed by atoms with van der Waals surface area (Å²) in [4.78, 5) is 41.9. The van der Waals surface area contributed by atoms with Crippen molar-refractivity contribution in [2.45, 2.75) is 64.3 Å². The second kappa shape index (κ2) is 9.02. The second-order valence-electron chi connectivity index (χ2n) is 8.38. The fourth-order valence-corrected chi connectivity index (χ4v) is 4.37. The summed E-state index contributed by atoms with van der Waals surface area (Å²) in [6, 6.07) is 6.28. The zero-order chi connectivity index (χ0) is 21.1. The zero-order valence-electron chi connectivity index (χ0n) is 17.6. The molecule has 1 aromatic rings. The van der Waals surface area contributed by atoms with Crippen LogP contribution in [-0.2, 0) is 14.4 Å². The molecule has 1 saturated carbocycles. The largest absolute Gasteiger partial charge is 0.494 e. The van der Waals surface area contributed by atoms with Gasteiger partial charge in [0, 0.05) is 12.5 Å².